The van der Waals surface area contributed by atoms with Crippen LogP contribution in [0.4, 0.5) is 0 Å². The van der Waals surface area contributed by atoms with Crippen molar-refractivity contribution in [2.45, 2.75) is 19.8 Å². The van der Waals surface area contributed by atoms with E-state index in [0.717, 1.165) is 12.8 Å². The van der Waals surface area contributed by atoms with E-state index in [2.05, 4.69) is 0 Å². The first-order valence-corrected chi connectivity index (χ1v) is 5.15. The van der Waals surface area contributed by atoms with Crippen LogP contribution in [0, 0.1) is 0 Å². The van der Waals surface area contributed by atoms with Gasteiger partial charge in [-0.3, -0.25) is 4.57 Å². The zero-order valence-electron chi connectivity index (χ0n) is 5.42. The van der Waals surface area contributed by atoms with Crippen molar-refractivity contribution in [2.75, 3.05) is 12.8 Å². The Balaban J connectivity index is 3.26. The molecule has 0 bridgehead atoms. The minimum absolute atomic E-state index is 0.476. The molecule has 0 saturated carbocycles. The highest BCUT2D eigenvalue weighted by atomic mass is 31.2. The monoisotopic (exact) mass is 136 g/mol. The Morgan fingerprint density at radius 1 is 1.62 bits per heavy atom. The quantitative estimate of drug-likeness (QED) is 0.599. The minimum Gasteiger partial charge on any atom is -0.344 e. The number of hydrogen-bond acceptors (Lipinski definition) is 1. The van der Waals surface area contributed by atoms with Crippen molar-refractivity contribution in [2.24, 2.45) is 0 Å². The average Bonchev–Trinajstić information content (AvgIpc) is 1.59. The fourth-order valence-corrected chi connectivity index (χ4v) is 1.35. The van der Waals surface area contributed by atoms with Gasteiger partial charge in [-0.2, -0.15) is 0 Å². The summed E-state index contributed by atoms with van der Waals surface area (Å²) in [5.41, 5.74) is 0. The van der Waals surface area contributed by atoms with E-state index in [1.807, 2.05) is 6.92 Å². The third-order valence-electron chi connectivity index (χ3n) is 0.927. The van der Waals surface area contributed by atoms with E-state index in [1.54, 1.807) is 0 Å². The van der Waals surface area contributed by atoms with Gasteiger partial charge in [-0.05, 0) is 6.42 Å². The highest BCUT2D eigenvalue weighted by Gasteiger charge is 2.06. The fraction of sp³-hybridized carbons (Fsp3) is 1.00. The highest BCUT2D eigenvalue weighted by molar-refractivity contribution is 7.57. The molecule has 50 valence electrons. The molecule has 0 amide bonds. The summed E-state index contributed by atoms with van der Waals surface area (Å²) in [6.45, 7) is 3.42. The Labute approximate surface area is 50.4 Å². The van der Waals surface area contributed by atoms with Gasteiger partial charge in [0.1, 0.15) is 0 Å². The van der Waals surface area contributed by atoms with E-state index in [9.17, 15) is 4.57 Å². The van der Waals surface area contributed by atoms with E-state index in [4.69, 9.17) is 4.89 Å². The van der Waals surface area contributed by atoms with Gasteiger partial charge in [-0.1, -0.05) is 13.3 Å². The van der Waals surface area contributed by atoms with Crippen molar-refractivity contribution >= 4 is 7.37 Å². The van der Waals surface area contributed by atoms with Crippen LogP contribution in [-0.4, -0.2) is 17.7 Å². The standard InChI is InChI=1S/C5H13O2P/c1-3-4-5-8(2,6)7/h3-5H2,1-2H3,(H,6,7). The molecule has 0 radical (unpaired) electrons. The highest BCUT2D eigenvalue weighted by Crippen LogP contribution is 2.35. The van der Waals surface area contributed by atoms with Gasteiger partial charge in [0.25, 0.3) is 0 Å². The summed E-state index contributed by atoms with van der Waals surface area (Å²) in [5.74, 6) is 0. The van der Waals surface area contributed by atoms with Crippen LogP contribution in [-0.2, 0) is 4.57 Å². The maximum absolute atomic E-state index is 10.5. The van der Waals surface area contributed by atoms with Crippen molar-refractivity contribution in [1.82, 2.24) is 0 Å². The van der Waals surface area contributed by atoms with Gasteiger partial charge < -0.3 is 4.89 Å². The van der Waals surface area contributed by atoms with E-state index in [0.29, 0.717) is 6.16 Å². The number of rotatable bonds is 3. The van der Waals surface area contributed by atoms with Gasteiger partial charge in [-0.15, -0.1) is 0 Å². The van der Waals surface area contributed by atoms with Gasteiger partial charge in [0, 0.05) is 12.8 Å². The molecule has 0 rings (SSSR count). The second-order valence-electron chi connectivity index (χ2n) is 2.13. The molecular formula is C5H13O2P. The zero-order chi connectivity index (χ0) is 6.62. The number of hydrogen-bond donors (Lipinski definition) is 1. The summed E-state index contributed by atoms with van der Waals surface area (Å²) in [5, 5.41) is 0. The van der Waals surface area contributed by atoms with Crippen LogP contribution >= 0.6 is 7.37 Å². The van der Waals surface area contributed by atoms with Crippen LogP contribution in [0.3, 0.4) is 0 Å². The lowest BCUT2D eigenvalue weighted by molar-refractivity contribution is 0.482. The van der Waals surface area contributed by atoms with Crippen molar-refractivity contribution < 1.29 is 9.46 Å². The van der Waals surface area contributed by atoms with Gasteiger partial charge in [-0.25, -0.2) is 0 Å². The van der Waals surface area contributed by atoms with Crippen LogP contribution < -0.4 is 0 Å². The normalized spacial score (nSPS) is 17.9. The Morgan fingerprint density at radius 3 is 2.25 bits per heavy atom. The summed E-state index contributed by atoms with van der Waals surface area (Å²) in [6, 6.07) is 0. The van der Waals surface area contributed by atoms with Crippen molar-refractivity contribution in [1.29, 1.82) is 0 Å². The molecule has 2 nitrogen and oxygen atoms in total. The number of unbranched alkanes of at least 4 members (excludes halogenated alkanes) is 1. The predicted molar refractivity (Wildman–Crippen MR) is 35.5 cm³/mol. The second kappa shape index (κ2) is 3.26. The molecule has 1 unspecified atom stereocenters. The van der Waals surface area contributed by atoms with Crippen molar-refractivity contribution in [3.05, 3.63) is 0 Å². The van der Waals surface area contributed by atoms with Gasteiger partial charge >= 0.3 is 0 Å². The first kappa shape index (κ1) is 8.19. The molecule has 0 aliphatic heterocycles. The zero-order valence-corrected chi connectivity index (χ0v) is 6.32. The Morgan fingerprint density at radius 2 is 2.12 bits per heavy atom. The van der Waals surface area contributed by atoms with Crippen LogP contribution in [0.15, 0.2) is 0 Å². The molecule has 1 atom stereocenters. The SMILES string of the molecule is CCCCP(C)(=O)O. The van der Waals surface area contributed by atoms with Gasteiger partial charge in [0.15, 0.2) is 7.37 Å². The summed E-state index contributed by atoms with van der Waals surface area (Å²) in [6.07, 6.45) is 2.34. The Hall–Kier alpha value is 0.190. The fourth-order valence-electron chi connectivity index (χ4n) is 0.451. The molecular weight excluding hydrogens is 123 g/mol. The first-order chi connectivity index (χ1) is 3.56. The lowest BCUT2D eigenvalue weighted by Gasteiger charge is -2.00. The Kier molecular flexibility index (Phi) is 3.34. The topological polar surface area (TPSA) is 37.3 Å². The van der Waals surface area contributed by atoms with Crippen LogP contribution in [0.5, 0.6) is 0 Å². The molecule has 0 aromatic heterocycles. The molecule has 8 heavy (non-hydrogen) atoms. The Bertz CT molecular complexity index is 94.6. The summed E-state index contributed by atoms with van der Waals surface area (Å²) < 4.78 is 10.5. The molecule has 0 saturated heterocycles. The molecule has 0 fully saturated rings. The first-order valence-electron chi connectivity index (χ1n) is 2.85. The molecule has 0 aromatic rings. The summed E-state index contributed by atoms with van der Waals surface area (Å²) in [4.78, 5) is 8.70. The molecule has 3 heteroatoms. The maximum atomic E-state index is 10.5. The van der Waals surface area contributed by atoms with E-state index >= 15 is 0 Å². The predicted octanol–water partition coefficient (Wildman–Crippen LogP) is 1.69. The largest absolute Gasteiger partial charge is 0.344 e. The van der Waals surface area contributed by atoms with E-state index < -0.39 is 7.37 Å². The third kappa shape index (κ3) is 6.19. The second-order valence-corrected chi connectivity index (χ2v) is 4.68. The third-order valence-corrected chi connectivity index (χ3v) is 2.07. The van der Waals surface area contributed by atoms with Crippen LogP contribution in [0.2, 0.25) is 0 Å². The smallest absolute Gasteiger partial charge is 0.197 e. The van der Waals surface area contributed by atoms with Gasteiger partial charge in [0.2, 0.25) is 0 Å². The van der Waals surface area contributed by atoms with Crippen LogP contribution in [0.1, 0.15) is 19.8 Å². The van der Waals surface area contributed by atoms with E-state index in [1.165, 1.54) is 6.66 Å². The van der Waals surface area contributed by atoms with Crippen molar-refractivity contribution in [3.8, 4) is 0 Å². The summed E-state index contributed by atoms with van der Waals surface area (Å²) in [7, 11) is -2.68. The van der Waals surface area contributed by atoms with Crippen molar-refractivity contribution in [3.63, 3.8) is 0 Å². The van der Waals surface area contributed by atoms with Crippen LogP contribution in [0.25, 0.3) is 0 Å². The molecule has 1 N–H and O–H groups in total. The lowest BCUT2D eigenvalue weighted by atomic mass is 10.4. The van der Waals surface area contributed by atoms with Gasteiger partial charge in [0.05, 0.1) is 0 Å². The minimum atomic E-state index is -2.68. The molecule has 0 aromatic carbocycles. The molecule has 0 aliphatic rings. The molecule has 0 aliphatic carbocycles. The molecule has 0 heterocycles. The summed E-state index contributed by atoms with van der Waals surface area (Å²) >= 11 is 0. The lowest BCUT2D eigenvalue weighted by Crippen LogP contribution is -1.84. The van der Waals surface area contributed by atoms with E-state index in [-0.39, 0.29) is 0 Å². The average molecular weight is 136 g/mol. The molecule has 0 spiro atoms. The maximum Gasteiger partial charge on any atom is 0.197 e.